The van der Waals surface area contributed by atoms with Gasteiger partial charge in [0, 0.05) is 5.41 Å². The lowest BCUT2D eigenvalue weighted by molar-refractivity contribution is -0.0512. The molecule has 0 aliphatic rings. The predicted molar refractivity (Wildman–Crippen MR) is 63.0 cm³/mol. The molecule has 0 aliphatic carbocycles. The van der Waals surface area contributed by atoms with Crippen molar-refractivity contribution in [1.29, 1.82) is 0 Å². The molecular weight excluding hydrogens is 204 g/mol. The van der Waals surface area contributed by atoms with Gasteiger partial charge in [0.25, 0.3) is 0 Å². The molecule has 0 saturated heterocycles. The Morgan fingerprint density at radius 2 is 1.88 bits per heavy atom. The molecule has 0 aromatic heterocycles. The van der Waals surface area contributed by atoms with Crippen molar-refractivity contribution in [3.63, 3.8) is 0 Å². The molecule has 1 aromatic carbocycles. The Kier molecular flexibility index (Phi) is 4.93. The molecule has 90 valence electrons. The molecule has 0 amide bonds. The molecule has 3 heteroatoms. The van der Waals surface area contributed by atoms with E-state index in [1.165, 1.54) is 0 Å². The molecule has 0 bridgehead atoms. The van der Waals surface area contributed by atoms with E-state index < -0.39 is 11.5 Å². The minimum absolute atomic E-state index is 0.234. The quantitative estimate of drug-likeness (QED) is 0.771. The van der Waals surface area contributed by atoms with Gasteiger partial charge in [-0.05, 0) is 5.56 Å². The third kappa shape index (κ3) is 3.93. The molecule has 0 fully saturated rings. The molecule has 2 N–H and O–H groups in total. The van der Waals surface area contributed by atoms with Crippen LogP contribution in [-0.2, 0) is 11.3 Å². The highest BCUT2D eigenvalue weighted by molar-refractivity contribution is 5.13. The van der Waals surface area contributed by atoms with Gasteiger partial charge < -0.3 is 14.9 Å². The lowest BCUT2D eigenvalue weighted by Gasteiger charge is -2.28. The van der Waals surface area contributed by atoms with Crippen molar-refractivity contribution in [2.45, 2.75) is 26.6 Å². The number of rotatable bonds is 6. The van der Waals surface area contributed by atoms with Gasteiger partial charge in [-0.15, -0.1) is 0 Å². The molecule has 1 aromatic rings. The maximum atomic E-state index is 9.55. The van der Waals surface area contributed by atoms with E-state index in [-0.39, 0.29) is 6.61 Å². The summed E-state index contributed by atoms with van der Waals surface area (Å²) in [6, 6.07) is 9.88. The zero-order chi connectivity index (χ0) is 12.0. The summed E-state index contributed by atoms with van der Waals surface area (Å²) in [7, 11) is 0. The fourth-order valence-electron chi connectivity index (χ4n) is 1.35. The summed E-state index contributed by atoms with van der Waals surface area (Å²) in [5.74, 6) is 0. The number of hydrogen-bond acceptors (Lipinski definition) is 3. The minimum atomic E-state index is -0.747. The van der Waals surface area contributed by atoms with Gasteiger partial charge in [0.1, 0.15) is 0 Å². The summed E-state index contributed by atoms with van der Waals surface area (Å²) in [6.45, 7) is 4.46. The molecule has 1 atom stereocenters. The van der Waals surface area contributed by atoms with Crippen molar-refractivity contribution in [1.82, 2.24) is 0 Å². The Morgan fingerprint density at radius 1 is 1.25 bits per heavy atom. The number of benzene rings is 1. The van der Waals surface area contributed by atoms with Crippen LogP contribution in [0.25, 0.3) is 0 Å². The fourth-order valence-corrected chi connectivity index (χ4v) is 1.35. The van der Waals surface area contributed by atoms with Crippen LogP contribution < -0.4 is 0 Å². The van der Waals surface area contributed by atoms with Crippen molar-refractivity contribution < 1.29 is 14.9 Å². The molecular formula is C13H20O3. The first-order valence-electron chi connectivity index (χ1n) is 5.47. The normalized spacial score (nSPS) is 13.8. The standard InChI is InChI=1S/C13H20O3/c1-13(2,12(15)8-14)10-16-9-11-6-4-3-5-7-11/h3-7,12,14-15H,8-10H2,1-2H3. The monoisotopic (exact) mass is 224 g/mol. The fraction of sp³-hybridized carbons (Fsp3) is 0.538. The Balaban J connectivity index is 2.35. The van der Waals surface area contributed by atoms with E-state index in [1.807, 2.05) is 44.2 Å². The minimum Gasteiger partial charge on any atom is -0.394 e. The van der Waals surface area contributed by atoms with Gasteiger partial charge in [-0.1, -0.05) is 44.2 Å². The van der Waals surface area contributed by atoms with E-state index in [0.717, 1.165) is 5.56 Å². The highest BCUT2D eigenvalue weighted by Crippen LogP contribution is 2.21. The van der Waals surface area contributed by atoms with Crippen LogP contribution in [0.1, 0.15) is 19.4 Å². The van der Waals surface area contributed by atoms with Crippen LogP contribution >= 0.6 is 0 Å². The summed E-state index contributed by atoms with van der Waals surface area (Å²) >= 11 is 0. The Hall–Kier alpha value is -0.900. The maximum absolute atomic E-state index is 9.55. The molecule has 1 unspecified atom stereocenters. The van der Waals surface area contributed by atoms with Crippen LogP contribution in [0.2, 0.25) is 0 Å². The summed E-state index contributed by atoms with van der Waals surface area (Å²) in [5.41, 5.74) is 0.681. The lowest BCUT2D eigenvalue weighted by Crippen LogP contribution is -2.36. The van der Waals surface area contributed by atoms with Crippen molar-refractivity contribution in [3.8, 4) is 0 Å². The second kappa shape index (κ2) is 5.99. The second-order valence-corrected chi connectivity index (χ2v) is 4.67. The molecule has 0 heterocycles. The Labute approximate surface area is 96.7 Å². The number of hydrogen-bond donors (Lipinski definition) is 2. The zero-order valence-electron chi connectivity index (χ0n) is 9.89. The summed E-state index contributed by atoms with van der Waals surface area (Å²) in [4.78, 5) is 0. The van der Waals surface area contributed by atoms with Gasteiger partial charge in [-0.2, -0.15) is 0 Å². The number of aliphatic hydroxyl groups is 2. The summed E-state index contributed by atoms with van der Waals surface area (Å²) in [5, 5.41) is 18.4. The van der Waals surface area contributed by atoms with Gasteiger partial charge in [0.15, 0.2) is 0 Å². The highest BCUT2D eigenvalue weighted by Gasteiger charge is 2.27. The summed E-state index contributed by atoms with van der Waals surface area (Å²) in [6.07, 6.45) is -0.747. The average molecular weight is 224 g/mol. The zero-order valence-corrected chi connectivity index (χ0v) is 9.89. The summed E-state index contributed by atoms with van der Waals surface area (Å²) < 4.78 is 5.54. The van der Waals surface area contributed by atoms with Crippen LogP contribution in [0.5, 0.6) is 0 Å². The SMILES string of the molecule is CC(C)(COCc1ccccc1)C(O)CO. The third-order valence-corrected chi connectivity index (χ3v) is 2.66. The molecule has 0 aliphatic heterocycles. The first kappa shape index (κ1) is 13.2. The molecule has 1 rings (SSSR count). The van der Waals surface area contributed by atoms with E-state index in [9.17, 15) is 5.11 Å². The van der Waals surface area contributed by atoms with E-state index in [4.69, 9.17) is 9.84 Å². The van der Waals surface area contributed by atoms with Crippen LogP contribution in [0, 0.1) is 5.41 Å². The van der Waals surface area contributed by atoms with Crippen molar-refractivity contribution in [3.05, 3.63) is 35.9 Å². The predicted octanol–water partition coefficient (Wildman–Crippen LogP) is 1.58. The van der Waals surface area contributed by atoms with Crippen molar-refractivity contribution >= 4 is 0 Å². The van der Waals surface area contributed by atoms with Gasteiger partial charge in [-0.3, -0.25) is 0 Å². The second-order valence-electron chi connectivity index (χ2n) is 4.67. The Morgan fingerprint density at radius 3 is 2.44 bits per heavy atom. The highest BCUT2D eigenvalue weighted by atomic mass is 16.5. The van der Waals surface area contributed by atoms with E-state index >= 15 is 0 Å². The average Bonchev–Trinajstić information content (AvgIpc) is 2.29. The van der Waals surface area contributed by atoms with Crippen LogP contribution in [0.3, 0.4) is 0 Å². The van der Waals surface area contributed by atoms with Gasteiger partial charge in [0.2, 0.25) is 0 Å². The molecule has 0 saturated carbocycles. The van der Waals surface area contributed by atoms with Crippen molar-refractivity contribution in [2.24, 2.45) is 5.41 Å². The first-order valence-corrected chi connectivity index (χ1v) is 5.47. The smallest absolute Gasteiger partial charge is 0.0843 e. The van der Waals surface area contributed by atoms with Crippen LogP contribution in [0.4, 0.5) is 0 Å². The number of ether oxygens (including phenoxy) is 1. The molecule has 16 heavy (non-hydrogen) atoms. The van der Waals surface area contributed by atoms with Gasteiger partial charge in [0.05, 0.1) is 25.9 Å². The molecule has 0 spiro atoms. The topological polar surface area (TPSA) is 49.7 Å². The van der Waals surface area contributed by atoms with Crippen molar-refractivity contribution in [2.75, 3.05) is 13.2 Å². The van der Waals surface area contributed by atoms with Crippen LogP contribution in [-0.4, -0.2) is 29.5 Å². The first-order chi connectivity index (χ1) is 7.56. The number of aliphatic hydroxyl groups excluding tert-OH is 2. The van der Waals surface area contributed by atoms with Gasteiger partial charge in [-0.25, -0.2) is 0 Å². The van der Waals surface area contributed by atoms with Gasteiger partial charge >= 0.3 is 0 Å². The molecule has 3 nitrogen and oxygen atoms in total. The lowest BCUT2D eigenvalue weighted by atomic mass is 9.88. The Bertz CT molecular complexity index is 295. The molecule has 0 radical (unpaired) electrons. The van der Waals surface area contributed by atoms with Crippen LogP contribution in [0.15, 0.2) is 30.3 Å². The maximum Gasteiger partial charge on any atom is 0.0843 e. The van der Waals surface area contributed by atoms with E-state index in [1.54, 1.807) is 0 Å². The van der Waals surface area contributed by atoms with E-state index in [2.05, 4.69) is 0 Å². The third-order valence-electron chi connectivity index (χ3n) is 2.66. The van der Waals surface area contributed by atoms with E-state index in [0.29, 0.717) is 13.2 Å². The largest absolute Gasteiger partial charge is 0.394 e.